The van der Waals surface area contributed by atoms with Crippen LogP contribution in [0.2, 0.25) is 18.6 Å². The third-order valence-electron chi connectivity index (χ3n) is 1.98. The lowest BCUT2D eigenvalue weighted by Gasteiger charge is -2.17. The van der Waals surface area contributed by atoms with Crippen molar-refractivity contribution in [1.29, 1.82) is 0 Å². The monoisotopic (exact) mass is 126 g/mol. The Morgan fingerprint density at radius 2 is 1.88 bits per heavy atom. The van der Waals surface area contributed by atoms with E-state index >= 15 is 0 Å². The topological polar surface area (TPSA) is 0 Å². The summed E-state index contributed by atoms with van der Waals surface area (Å²) in [7, 11) is -0.194. The molecule has 1 aliphatic rings. The van der Waals surface area contributed by atoms with E-state index in [1.807, 2.05) is 0 Å². The molecule has 1 saturated heterocycles. The third kappa shape index (κ3) is 1.48. The normalized spacial score (nSPS) is 23.9. The van der Waals surface area contributed by atoms with E-state index < -0.39 is 0 Å². The minimum atomic E-state index is -0.194. The van der Waals surface area contributed by atoms with Crippen LogP contribution in [0.5, 0.6) is 0 Å². The van der Waals surface area contributed by atoms with Crippen LogP contribution in [0, 0.1) is 0 Å². The Morgan fingerprint density at radius 3 is 2.25 bits per heavy atom. The van der Waals surface area contributed by atoms with E-state index in [2.05, 4.69) is 13.1 Å². The number of hydrogen-bond donors (Lipinski definition) is 0. The molecule has 0 spiro atoms. The first-order valence-corrected chi connectivity index (χ1v) is 6.24. The zero-order valence-electron chi connectivity index (χ0n) is 5.61. The van der Waals surface area contributed by atoms with Crippen molar-refractivity contribution in [2.45, 2.75) is 31.5 Å². The summed E-state index contributed by atoms with van der Waals surface area (Å²) in [6.07, 6.45) is 2.68. The molecule has 46 valence electrons. The first kappa shape index (κ1) is 6.08. The molecule has 0 aromatic heterocycles. The molecule has 0 N–H and O–H groups in total. The Kier molecular flexibility index (Phi) is 1.89. The zero-order valence-corrected chi connectivity index (χ0v) is 6.77. The van der Waals surface area contributed by atoms with Crippen LogP contribution in [0.3, 0.4) is 0 Å². The molecule has 0 atom stereocenters. The minimum absolute atomic E-state index is 0.194. The minimum Gasteiger partial charge on any atom is -0.0999 e. The third-order valence-corrected chi connectivity index (χ3v) is 4.53. The predicted molar refractivity (Wildman–Crippen MR) is 41.0 cm³/mol. The van der Waals surface area contributed by atoms with Gasteiger partial charge in [0.25, 0.3) is 0 Å². The van der Waals surface area contributed by atoms with Crippen molar-refractivity contribution in [2.75, 3.05) is 0 Å². The van der Waals surface area contributed by atoms with Crippen molar-refractivity contribution in [3.05, 3.63) is 12.2 Å². The second-order valence-electron chi connectivity index (χ2n) is 2.93. The van der Waals surface area contributed by atoms with Crippen molar-refractivity contribution in [3.63, 3.8) is 0 Å². The van der Waals surface area contributed by atoms with Crippen molar-refractivity contribution < 1.29 is 0 Å². The van der Waals surface area contributed by atoms with Gasteiger partial charge in [-0.25, -0.2) is 0 Å². The highest BCUT2D eigenvalue weighted by Gasteiger charge is 2.10. The first-order chi connectivity index (χ1) is 3.79. The van der Waals surface area contributed by atoms with Crippen LogP contribution < -0.4 is 0 Å². The summed E-state index contributed by atoms with van der Waals surface area (Å²) >= 11 is 0. The van der Waals surface area contributed by atoms with Crippen LogP contribution in [-0.2, 0) is 0 Å². The number of allylic oxidation sites excluding steroid dienone is 1. The lowest BCUT2D eigenvalue weighted by atomic mass is 10.2. The SMILES string of the molecule is C=C1CC[SiH](C)CC1. The van der Waals surface area contributed by atoms with E-state index in [0.29, 0.717) is 0 Å². The molecule has 0 amide bonds. The van der Waals surface area contributed by atoms with Crippen LogP contribution in [0.1, 0.15) is 12.8 Å². The van der Waals surface area contributed by atoms with Crippen molar-refractivity contribution in [2.24, 2.45) is 0 Å². The standard InChI is InChI=1S/C7H14Si/c1-7-3-5-8(2)6-4-7/h8H,1,3-6H2,2H3. The molecule has 1 heterocycles. The summed E-state index contributed by atoms with van der Waals surface area (Å²) in [4.78, 5) is 0. The molecule has 0 saturated carbocycles. The van der Waals surface area contributed by atoms with Gasteiger partial charge in [0.1, 0.15) is 0 Å². The molecular formula is C7H14Si. The Morgan fingerprint density at radius 1 is 1.38 bits per heavy atom. The van der Waals surface area contributed by atoms with Crippen molar-refractivity contribution in [1.82, 2.24) is 0 Å². The molecule has 0 unspecified atom stereocenters. The van der Waals surface area contributed by atoms with E-state index in [1.54, 1.807) is 0 Å². The Labute approximate surface area is 53.2 Å². The van der Waals surface area contributed by atoms with E-state index in [0.717, 1.165) is 0 Å². The summed E-state index contributed by atoms with van der Waals surface area (Å²) in [6.45, 7) is 6.44. The number of rotatable bonds is 0. The molecule has 0 aromatic carbocycles. The average Bonchev–Trinajstić information content (AvgIpc) is 1.77. The fraction of sp³-hybridized carbons (Fsp3) is 0.714. The Bertz CT molecular complexity index is 86.6. The van der Waals surface area contributed by atoms with E-state index in [1.165, 1.54) is 30.5 Å². The summed E-state index contributed by atoms with van der Waals surface area (Å²) < 4.78 is 0. The maximum absolute atomic E-state index is 3.97. The van der Waals surface area contributed by atoms with Crippen LogP contribution in [0.25, 0.3) is 0 Å². The van der Waals surface area contributed by atoms with Gasteiger partial charge in [-0.15, -0.1) is 0 Å². The highest BCUT2D eigenvalue weighted by atomic mass is 28.3. The molecule has 0 aliphatic carbocycles. The molecule has 1 fully saturated rings. The molecule has 0 aromatic rings. The molecule has 1 aliphatic heterocycles. The Hall–Kier alpha value is -0.0431. The first-order valence-electron chi connectivity index (χ1n) is 3.45. The van der Waals surface area contributed by atoms with Gasteiger partial charge in [0, 0.05) is 8.80 Å². The van der Waals surface area contributed by atoms with Gasteiger partial charge in [0.05, 0.1) is 0 Å². The van der Waals surface area contributed by atoms with Gasteiger partial charge in [0.15, 0.2) is 0 Å². The second kappa shape index (κ2) is 2.49. The van der Waals surface area contributed by atoms with Crippen LogP contribution in [0.4, 0.5) is 0 Å². The summed E-state index contributed by atoms with van der Waals surface area (Å²) in [6, 6.07) is 3.03. The largest absolute Gasteiger partial charge is 0.0999 e. The fourth-order valence-electron chi connectivity index (χ4n) is 1.17. The van der Waals surface area contributed by atoms with Gasteiger partial charge < -0.3 is 0 Å². The molecule has 1 heteroatoms. The van der Waals surface area contributed by atoms with Crippen LogP contribution in [-0.4, -0.2) is 8.80 Å². The quantitative estimate of drug-likeness (QED) is 0.345. The van der Waals surface area contributed by atoms with Crippen molar-refractivity contribution in [3.8, 4) is 0 Å². The molecular weight excluding hydrogens is 112 g/mol. The summed E-state index contributed by atoms with van der Waals surface area (Å²) in [5.74, 6) is 0. The van der Waals surface area contributed by atoms with E-state index in [-0.39, 0.29) is 8.80 Å². The zero-order chi connectivity index (χ0) is 5.98. The fourth-order valence-corrected chi connectivity index (χ4v) is 3.26. The summed E-state index contributed by atoms with van der Waals surface area (Å²) in [5.41, 5.74) is 1.50. The molecule has 0 radical (unpaired) electrons. The summed E-state index contributed by atoms with van der Waals surface area (Å²) in [5, 5.41) is 0. The smallest absolute Gasteiger partial charge is 0.0343 e. The Balaban J connectivity index is 2.29. The molecule has 0 nitrogen and oxygen atoms in total. The predicted octanol–water partition coefficient (Wildman–Crippen LogP) is 2.19. The van der Waals surface area contributed by atoms with Crippen LogP contribution in [0.15, 0.2) is 12.2 Å². The lowest BCUT2D eigenvalue weighted by molar-refractivity contribution is 0.913. The molecule has 8 heavy (non-hydrogen) atoms. The maximum atomic E-state index is 3.97. The number of hydrogen-bond acceptors (Lipinski definition) is 0. The van der Waals surface area contributed by atoms with Crippen LogP contribution >= 0.6 is 0 Å². The van der Waals surface area contributed by atoms with E-state index in [9.17, 15) is 0 Å². The van der Waals surface area contributed by atoms with Gasteiger partial charge in [-0.3, -0.25) is 0 Å². The van der Waals surface area contributed by atoms with Gasteiger partial charge in [-0.2, -0.15) is 0 Å². The van der Waals surface area contributed by atoms with E-state index in [4.69, 9.17) is 0 Å². The average molecular weight is 126 g/mol. The van der Waals surface area contributed by atoms with Gasteiger partial charge in [-0.1, -0.05) is 30.8 Å². The highest BCUT2D eigenvalue weighted by Crippen LogP contribution is 2.21. The van der Waals surface area contributed by atoms with Gasteiger partial charge in [-0.05, 0) is 12.8 Å². The molecule has 0 bridgehead atoms. The highest BCUT2D eigenvalue weighted by molar-refractivity contribution is 6.57. The van der Waals surface area contributed by atoms with Gasteiger partial charge >= 0.3 is 0 Å². The maximum Gasteiger partial charge on any atom is 0.0343 e. The lowest BCUT2D eigenvalue weighted by Crippen LogP contribution is -2.11. The second-order valence-corrected chi connectivity index (χ2v) is 6.30. The molecule has 1 rings (SSSR count). The van der Waals surface area contributed by atoms with Crippen molar-refractivity contribution >= 4 is 8.80 Å². The van der Waals surface area contributed by atoms with Gasteiger partial charge in [0.2, 0.25) is 0 Å².